The molecule has 22 heavy (non-hydrogen) atoms. The van der Waals surface area contributed by atoms with Gasteiger partial charge in [-0.15, -0.1) is 11.3 Å². The van der Waals surface area contributed by atoms with Gasteiger partial charge in [-0.3, -0.25) is 0 Å². The normalized spacial score (nSPS) is 11.4. The van der Waals surface area contributed by atoms with Gasteiger partial charge in [0, 0.05) is 26.6 Å². The van der Waals surface area contributed by atoms with Gasteiger partial charge in [0.05, 0.1) is 0 Å². The van der Waals surface area contributed by atoms with Crippen molar-refractivity contribution in [1.82, 2.24) is 15.0 Å². The van der Waals surface area contributed by atoms with E-state index < -0.39 is 0 Å². The first-order valence-corrected chi connectivity index (χ1v) is 8.09. The molecule has 0 aliphatic rings. The number of hydrogen-bond acceptors (Lipinski definition) is 4. The van der Waals surface area contributed by atoms with E-state index in [1.807, 2.05) is 25.2 Å². The Morgan fingerprint density at radius 2 is 1.55 bits per heavy atom. The molecule has 0 spiro atoms. The maximum absolute atomic E-state index is 4.44. The molecule has 2 aromatic heterocycles. The van der Waals surface area contributed by atoms with Crippen LogP contribution in [0, 0.1) is 13.8 Å². The van der Waals surface area contributed by atoms with Crippen molar-refractivity contribution in [2.75, 3.05) is 0 Å². The van der Waals surface area contributed by atoms with Crippen LogP contribution in [-0.4, -0.2) is 15.0 Å². The van der Waals surface area contributed by atoms with Crippen molar-refractivity contribution >= 4 is 31.5 Å². The lowest BCUT2D eigenvalue weighted by Crippen LogP contribution is -2.03. The van der Waals surface area contributed by atoms with Crippen molar-refractivity contribution in [1.29, 1.82) is 0 Å². The van der Waals surface area contributed by atoms with Crippen LogP contribution >= 0.6 is 11.3 Å². The summed E-state index contributed by atoms with van der Waals surface area (Å²) in [7, 11) is 0. The maximum Gasteiger partial charge on any atom is 0.136 e. The van der Waals surface area contributed by atoms with E-state index in [4.69, 9.17) is 0 Å². The molecule has 0 bridgehead atoms. The zero-order valence-electron chi connectivity index (χ0n) is 12.5. The van der Waals surface area contributed by atoms with E-state index in [2.05, 4.69) is 57.4 Å². The zero-order chi connectivity index (χ0) is 15.1. The van der Waals surface area contributed by atoms with E-state index >= 15 is 0 Å². The Hall–Kier alpha value is -2.33. The molecule has 0 saturated heterocycles. The molecule has 4 rings (SSSR count). The first-order chi connectivity index (χ1) is 10.7. The molecular formula is C18H15N3S. The summed E-state index contributed by atoms with van der Waals surface area (Å²) in [5.41, 5.74) is 1.24. The second-order valence-corrected chi connectivity index (χ2v) is 6.54. The van der Waals surface area contributed by atoms with Crippen LogP contribution in [0.25, 0.3) is 20.2 Å². The van der Waals surface area contributed by atoms with Gasteiger partial charge < -0.3 is 0 Å². The summed E-state index contributed by atoms with van der Waals surface area (Å²) in [4.78, 5) is 13.1. The van der Waals surface area contributed by atoms with Gasteiger partial charge in [-0.25, -0.2) is 15.0 Å². The summed E-state index contributed by atoms with van der Waals surface area (Å²) in [5, 5.41) is 2.65. The summed E-state index contributed by atoms with van der Waals surface area (Å²) >= 11 is 1.84. The molecule has 0 aliphatic heterocycles. The third-order valence-corrected chi connectivity index (χ3v) is 4.86. The lowest BCUT2D eigenvalue weighted by atomic mass is 10.1. The number of rotatable bonds is 2. The average Bonchev–Trinajstić information content (AvgIpc) is 2.84. The Bertz CT molecular complexity index is 968. The molecule has 0 radical (unpaired) electrons. The number of thiophene rings is 1. The minimum atomic E-state index is 0.740. The topological polar surface area (TPSA) is 38.7 Å². The quantitative estimate of drug-likeness (QED) is 0.549. The fourth-order valence-corrected chi connectivity index (χ4v) is 3.91. The third-order valence-electron chi connectivity index (χ3n) is 3.71. The van der Waals surface area contributed by atoms with E-state index in [9.17, 15) is 0 Å². The number of aryl methyl sites for hydroxylation is 2. The molecule has 0 N–H and O–H groups in total. The van der Waals surface area contributed by atoms with Crippen LogP contribution in [0.5, 0.6) is 0 Å². The van der Waals surface area contributed by atoms with Gasteiger partial charge in [-0.05, 0) is 37.6 Å². The minimum absolute atomic E-state index is 0.740. The number of aromatic nitrogens is 3. The standard InChI is InChI=1S/C18H15N3S/c1-11-19-12(2)21-18(20-11)10-13-7-8-17-15(9-13)14-5-3-4-6-16(14)22-17/h3-9H,10H2,1-2H3. The van der Waals surface area contributed by atoms with Crippen LogP contribution in [0.1, 0.15) is 23.0 Å². The predicted octanol–water partition coefficient (Wildman–Crippen LogP) is 4.45. The summed E-state index contributed by atoms with van der Waals surface area (Å²) < 4.78 is 2.66. The van der Waals surface area contributed by atoms with Crippen LogP contribution in [0.4, 0.5) is 0 Å². The Labute approximate surface area is 132 Å². The molecule has 0 unspecified atom stereocenters. The van der Waals surface area contributed by atoms with E-state index in [1.54, 1.807) is 0 Å². The summed E-state index contributed by atoms with van der Waals surface area (Å²) in [5.74, 6) is 2.40. The van der Waals surface area contributed by atoms with Gasteiger partial charge in [0.1, 0.15) is 17.5 Å². The van der Waals surface area contributed by atoms with Crippen LogP contribution in [0.15, 0.2) is 42.5 Å². The van der Waals surface area contributed by atoms with Gasteiger partial charge in [0.25, 0.3) is 0 Å². The lowest BCUT2D eigenvalue weighted by molar-refractivity contribution is 0.844. The van der Waals surface area contributed by atoms with Gasteiger partial charge in [-0.2, -0.15) is 0 Å². The fourth-order valence-electron chi connectivity index (χ4n) is 2.83. The highest BCUT2D eigenvalue weighted by molar-refractivity contribution is 7.25. The van der Waals surface area contributed by atoms with Crippen molar-refractivity contribution in [3.05, 3.63) is 65.5 Å². The average molecular weight is 305 g/mol. The van der Waals surface area contributed by atoms with Crippen LogP contribution in [0.3, 0.4) is 0 Å². The largest absolute Gasteiger partial charge is 0.219 e. The Kier molecular flexibility index (Phi) is 3.12. The highest BCUT2D eigenvalue weighted by atomic mass is 32.1. The minimum Gasteiger partial charge on any atom is -0.219 e. The number of nitrogens with zero attached hydrogens (tertiary/aromatic N) is 3. The van der Waals surface area contributed by atoms with Crippen molar-refractivity contribution in [3.63, 3.8) is 0 Å². The monoisotopic (exact) mass is 305 g/mol. The third kappa shape index (κ3) is 2.35. The molecule has 3 nitrogen and oxygen atoms in total. The van der Waals surface area contributed by atoms with Crippen molar-refractivity contribution < 1.29 is 0 Å². The second kappa shape index (κ2) is 5.14. The molecule has 0 atom stereocenters. The maximum atomic E-state index is 4.44. The highest BCUT2D eigenvalue weighted by Crippen LogP contribution is 2.34. The molecular weight excluding hydrogens is 290 g/mol. The number of hydrogen-bond donors (Lipinski definition) is 0. The molecule has 0 aliphatic carbocycles. The molecule has 2 aromatic carbocycles. The van der Waals surface area contributed by atoms with Gasteiger partial charge in [0.2, 0.25) is 0 Å². The predicted molar refractivity (Wildman–Crippen MR) is 91.4 cm³/mol. The molecule has 4 heteroatoms. The highest BCUT2D eigenvalue weighted by Gasteiger charge is 2.07. The van der Waals surface area contributed by atoms with Gasteiger partial charge in [-0.1, -0.05) is 24.3 Å². The molecule has 2 heterocycles. The Balaban J connectivity index is 1.80. The molecule has 108 valence electrons. The van der Waals surface area contributed by atoms with Crippen molar-refractivity contribution in [2.45, 2.75) is 20.3 Å². The van der Waals surface area contributed by atoms with Crippen molar-refractivity contribution in [3.8, 4) is 0 Å². The SMILES string of the molecule is Cc1nc(C)nc(Cc2ccc3sc4ccccc4c3c2)n1. The van der Waals surface area contributed by atoms with E-state index in [0.29, 0.717) is 0 Å². The van der Waals surface area contributed by atoms with E-state index in [-0.39, 0.29) is 0 Å². The van der Waals surface area contributed by atoms with Gasteiger partial charge in [0.15, 0.2) is 0 Å². The molecule has 0 saturated carbocycles. The van der Waals surface area contributed by atoms with Crippen LogP contribution < -0.4 is 0 Å². The van der Waals surface area contributed by atoms with E-state index in [1.165, 1.54) is 25.7 Å². The first-order valence-electron chi connectivity index (χ1n) is 7.27. The molecule has 0 amide bonds. The fraction of sp³-hybridized carbons (Fsp3) is 0.167. The van der Waals surface area contributed by atoms with Gasteiger partial charge >= 0.3 is 0 Å². The first kappa shape index (κ1) is 13.3. The van der Waals surface area contributed by atoms with Crippen LogP contribution in [-0.2, 0) is 6.42 Å². The lowest BCUT2D eigenvalue weighted by Gasteiger charge is -2.03. The van der Waals surface area contributed by atoms with Crippen molar-refractivity contribution in [2.24, 2.45) is 0 Å². The molecule has 4 aromatic rings. The second-order valence-electron chi connectivity index (χ2n) is 5.45. The summed E-state index contributed by atoms with van der Waals surface area (Å²) in [6.07, 6.45) is 0.740. The number of fused-ring (bicyclic) bond motifs is 3. The number of benzene rings is 2. The van der Waals surface area contributed by atoms with E-state index in [0.717, 1.165) is 23.9 Å². The molecule has 0 fully saturated rings. The Morgan fingerprint density at radius 3 is 2.36 bits per heavy atom. The van der Waals surface area contributed by atoms with Crippen LogP contribution in [0.2, 0.25) is 0 Å². The smallest absolute Gasteiger partial charge is 0.136 e. The Morgan fingerprint density at radius 1 is 0.818 bits per heavy atom. The summed E-state index contributed by atoms with van der Waals surface area (Å²) in [6, 6.07) is 15.2. The summed E-state index contributed by atoms with van der Waals surface area (Å²) in [6.45, 7) is 3.82. The zero-order valence-corrected chi connectivity index (χ0v) is 13.3.